The van der Waals surface area contributed by atoms with Gasteiger partial charge in [-0.05, 0) is 12.3 Å². The summed E-state index contributed by atoms with van der Waals surface area (Å²) in [6.45, 7) is 5.18. The topological polar surface area (TPSA) is 78.4 Å². The van der Waals surface area contributed by atoms with Gasteiger partial charge in [-0.2, -0.15) is 0 Å². The molecule has 0 unspecified atom stereocenters. The van der Waals surface area contributed by atoms with E-state index in [0.717, 1.165) is 0 Å². The highest BCUT2D eigenvalue weighted by molar-refractivity contribution is 5.85. The van der Waals surface area contributed by atoms with E-state index in [1.807, 2.05) is 13.8 Å². The van der Waals surface area contributed by atoms with Crippen LogP contribution in [0.1, 0.15) is 20.3 Å². The van der Waals surface area contributed by atoms with Crippen molar-refractivity contribution in [2.75, 3.05) is 13.1 Å². The number of carboxylic acid groups (broad SMARTS) is 1. The van der Waals surface area contributed by atoms with Gasteiger partial charge in [-0.3, -0.25) is 4.79 Å². The minimum atomic E-state index is -0.954. The van der Waals surface area contributed by atoms with Gasteiger partial charge in [0.05, 0.1) is 5.92 Å². The molecule has 1 atom stereocenters. The summed E-state index contributed by atoms with van der Waals surface area (Å²) in [6.07, 6.45) is 0.473. The van der Waals surface area contributed by atoms with E-state index in [2.05, 4.69) is 10.6 Å². The molecule has 1 fully saturated rings. The summed E-state index contributed by atoms with van der Waals surface area (Å²) < 4.78 is 0. The zero-order valence-corrected chi connectivity index (χ0v) is 9.12. The van der Waals surface area contributed by atoms with Crippen molar-refractivity contribution in [2.24, 2.45) is 11.8 Å². The second-order valence-electron chi connectivity index (χ2n) is 4.38. The average molecular weight is 214 g/mol. The number of nitrogens with one attached hydrogen (secondary N) is 2. The van der Waals surface area contributed by atoms with E-state index in [1.54, 1.807) is 0 Å². The Hall–Kier alpha value is -1.10. The summed E-state index contributed by atoms with van der Waals surface area (Å²) in [5, 5.41) is 14.5. The summed E-state index contributed by atoms with van der Waals surface area (Å²) in [5.74, 6) is -0.906. The quantitative estimate of drug-likeness (QED) is 0.593. The first kappa shape index (κ1) is 12.0. The minimum Gasteiger partial charge on any atom is -0.480 e. The molecule has 3 N–H and O–H groups in total. The molecule has 0 radical (unpaired) electrons. The number of carbonyl (C=O) groups is 2. The molecule has 0 aromatic heterocycles. The van der Waals surface area contributed by atoms with E-state index in [9.17, 15) is 9.59 Å². The average Bonchev–Trinajstić information content (AvgIpc) is 1.98. The molecule has 0 spiro atoms. The van der Waals surface area contributed by atoms with Crippen LogP contribution in [0.5, 0.6) is 0 Å². The molecule has 1 rings (SSSR count). The van der Waals surface area contributed by atoms with Crippen LogP contribution in [0.25, 0.3) is 0 Å². The van der Waals surface area contributed by atoms with Gasteiger partial charge < -0.3 is 15.7 Å². The van der Waals surface area contributed by atoms with Gasteiger partial charge in [-0.25, -0.2) is 4.79 Å². The van der Waals surface area contributed by atoms with E-state index in [1.165, 1.54) is 0 Å². The smallest absolute Gasteiger partial charge is 0.326 e. The Labute approximate surface area is 89.2 Å². The lowest BCUT2D eigenvalue weighted by Gasteiger charge is -2.27. The molecule has 0 aliphatic carbocycles. The Morgan fingerprint density at radius 2 is 2.07 bits per heavy atom. The zero-order valence-electron chi connectivity index (χ0n) is 9.12. The molecule has 15 heavy (non-hydrogen) atoms. The van der Waals surface area contributed by atoms with Crippen LogP contribution in [0.4, 0.5) is 0 Å². The summed E-state index contributed by atoms with van der Waals surface area (Å²) in [7, 11) is 0. The fraction of sp³-hybridized carbons (Fsp3) is 0.800. The van der Waals surface area contributed by atoms with Crippen LogP contribution in [0, 0.1) is 11.8 Å². The Bertz CT molecular complexity index is 249. The summed E-state index contributed by atoms with van der Waals surface area (Å²) >= 11 is 0. The van der Waals surface area contributed by atoms with Gasteiger partial charge in [0.25, 0.3) is 0 Å². The Balaban J connectivity index is 2.42. The molecule has 1 saturated heterocycles. The highest BCUT2D eigenvalue weighted by Crippen LogP contribution is 2.08. The fourth-order valence-electron chi connectivity index (χ4n) is 1.46. The molecule has 1 heterocycles. The molecule has 0 aromatic carbocycles. The molecule has 5 nitrogen and oxygen atoms in total. The van der Waals surface area contributed by atoms with Gasteiger partial charge in [0.15, 0.2) is 0 Å². The maximum Gasteiger partial charge on any atom is 0.326 e. The van der Waals surface area contributed by atoms with Crippen LogP contribution in [0.2, 0.25) is 0 Å². The van der Waals surface area contributed by atoms with Gasteiger partial charge in [-0.15, -0.1) is 0 Å². The SMILES string of the molecule is CC(C)C[C@@H](NC(=O)C1CNC1)C(=O)O. The first-order valence-electron chi connectivity index (χ1n) is 5.24. The molecule has 0 saturated carbocycles. The molecule has 86 valence electrons. The molecule has 1 amide bonds. The summed E-state index contributed by atoms with van der Waals surface area (Å²) in [4.78, 5) is 22.4. The van der Waals surface area contributed by atoms with Gasteiger partial charge in [-0.1, -0.05) is 13.8 Å². The van der Waals surface area contributed by atoms with Crippen molar-refractivity contribution in [1.29, 1.82) is 0 Å². The van der Waals surface area contributed by atoms with E-state index < -0.39 is 12.0 Å². The lowest BCUT2D eigenvalue weighted by atomic mass is 10.00. The third-order valence-corrected chi connectivity index (χ3v) is 2.47. The Kier molecular flexibility index (Phi) is 4.08. The number of amides is 1. The molecule has 1 aliphatic heterocycles. The third-order valence-electron chi connectivity index (χ3n) is 2.47. The molecule has 5 heteroatoms. The van der Waals surface area contributed by atoms with Crippen LogP contribution in [-0.2, 0) is 9.59 Å². The monoisotopic (exact) mass is 214 g/mol. The second-order valence-corrected chi connectivity index (χ2v) is 4.38. The Morgan fingerprint density at radius 1 is 1.47 bits per heavy atom. The van der Waals surface area contributed by atoms with E-state index in [-0.39, 0.29) is 17.7 Å². The van der Waals surface area contributed by atoms with Crippen LogP contribution in [0.15, 0.2) is 0 Å². The maximum atomic E-state index is 11.5. The van der Waals surface area contributed by atoms with Gasteiger partial charge in [0.2, 0.25) is 5.91 Å². The first-order valence-corrected chi connectivity index (χ1v) is 5.24. The number of aliphatic carboxylic acids is 1. The molecule has 0 aromatic rings. The predicted octanol–water partition coefficient (Wildman–Crippen LogP) is -0.179. The highest BCUT2D eigenvalue weighted by atomic mass is 16.4. The van der Waals surface area contributed by atoms with Crippen molar-refractivity contribution in [2.45, 2.75) is 26.3 Å². The predicted molar refractivity (Wildman–Crippen MR) is 55.4 cm³/mol. The number of carboxylic acids is 1. The van der Waals surface area contributed by atoms with Gasteiger partial charge in [0, 0.05) is 13.1 Å². The largest absolute Gasteiger partial charge is 0.480 e. The highest BCUT2D eigenvalue weighted by Gasteiger charge is 2.29. The molecular weight excluding hydrogens is 196 g/mol. The van der Waals surface area contributed by atoms with Crippen molar-refractivity contribution in [3.05, 3.63) is 0 Å². The lowest BCUT2D eigenvalue weighted by molar-refractivity contribution is -0.143. The van der Waals surface area contributed by atoms with Crippen LogP contribution >= 0.6 is 0 Å². The van der Waals surface area contributed by atoms with E-state index in [4.69, 9.17) is 5.11 Å². The first-order chi connectivity index (χ1) is 7.00. The number of rotatable bonds is 5. The molecule has 0 bridgehead atoms. The fourth-order valence-corrected chi connectivity index (χ4v) is 1.46. The number of hydrogen-bond acceptors (Lipinski definition) is 3. The zero-order chi connectivity index (χ0) is 11.4. The van der Waals surface area contributed by atoms with E-state index in [0.29, 0.717) is 19.5 Å². The molecule has 1 aliphatic rings. The van der Waals surface area contributed by atoms with Crippen molar-refractivity contribution in [3.63, 3.8) is 0 Å². The minimum absolute atomic E-state index is 0.0565. The van der Waals surface area contributed by atoms with E-state index >= 15 is 0 Å². The maximum absolute atomic E-state index is 11.5. The van der Waals surface area contributed by atoms with Crippen molar-refractivity contribution in [3.8, 4) is 0 Å². The van der Waals surface area contributed by atoms with Crippen LogP contribution in [-0.4, -0.2) is 36.1 Å². The Morgan fingerprint density at radius 3 is 2.40 bits per heavy atom. The number of carbonyl (C=O) groups excluding carboxylic acids is 1. The standard InChI is InChI=1S/C10H18N2O3/c1-6(2)3-8(10(14)15)12-9(13)7-4-11-5-7/h6-8,11H,3-5H2,1-2H3,(H,12,13)(H,14,15)/t8-/m1/s1. The van der Waals surface area contributed by atoms with Crippen LogP contribution < -0.4 is 10.6 Å². The lowest BCUT2D eigenvalue weighted by Crippen LogP contribution is -2.54. The van der Waals surface area contributed by atoms with Gasteiger partial charge >= 0.3 is 5.97 Å². The van der Waals surface area contributed by atoms with Crippen LogP contribution in [0.3, 0.4) is 0 Å². The summed E-state index contributed by atoms with van der Waals surface area (Å²) in [5.41, 5.74) is 0. The second kappa shape index (κ2) is 5.11. The number of hydrogen-bond donors (Lipinski definition) is 3. The van der Waals surface area contributed by atoms with Crippen molar-refractivity contribution in [1.82, 2.24) is 10.6 Å². The van der Waals surface area contributed by atoms with Gasteiger partial charge in [0.1, 0.15) is 6.04 Å². The van der Waals surface area contributed by atoms with Crippen molar-refractivity contribution >= 4 is 11.9 Å². The molecular formula is C10H18N2O3. The summed E-state index contributed by atoms with van der Waals surface area (Å²) in [6, 6.07) is -0.752. The third kappa shape index (κ3) is 3.51. The van der Waals surface area contributed by atoms with Crippen molar-refractivity contribution < 1.29 is 14.7 Å². The normalized spacial score (nSPS) is 18.3.